The van der Waals surface area contributed by atoms with Gasteiger partial charge < -0.3 is 0 Å². The van der Waals surface area contributed by atoms with Crippen LogP contribution in [0.3, 0.4) is 0 Å². The zero-order valence-corrected chi connectivity index (χ0v) is 9.25. The third kappa shape index (κ3) is 10.4. The lowest BCUT2D eigenvalue weighted by atomic mass is 10.2. The molecule has 11 heavy (non-hydrogen) atoms. The normalized spacial score (nSPS) is 12.0. The second kappa shape index (κ2) is 6.01. The highest BCUT2D eigenvalue weighted by Gasteiger charge is 2.15. The van der Waals surface area contributed by atoms with E-state index in [1.807, 2.05) is 0 Å². The van der Waals surface area contributed by atoms with Crippen molar-refractivity contribution in [2.75, 3.05) is 6.67 Å². The predicted molar refractivity (Wildman–Crippen MR) is 52.6 cm³/mol. The van der Waals surface area contributed by atoms with Crippen molar-refractivity contribution < 1.29 is 4.39 Å². The van der Waals surface area contributed by atoms with Gasteiger partial charge in [-0.3, -0.25) is 4.39 Å². The van der Waals surface area contributed by atoms with Crippen molar-refractivity contribution in [2.45, 2.75) is 44.8 Å². The lowest BCUT2D eigenvalue weighted by molar-refractivity contribution is 0.455. The van der Waals surface area contributed by atoms with Crippen molar-refractivity contribution in [1.82, 2.24) is 0 Å². The van der Waals surface area contributed by atoms with Crippen LogP contribution in [0.1, 0.15) is 25.7 Å². The molecule has 0 fully saturated rings. The van der Waals surface area contributed by atoms with Gasteiger partial charge in [-0.2, -0.15) is 11.1 Å². The summed E-state index contributed by atoms with van der Waals surface area (Å²) in [4.78, 5) is 0. The van der Waals surface area contributed by atoms with Gasteiger partial charge in [-0.1, -0.05) is 32.4 Å². The largest absolute Gasteiger partial charge is 0.251 e. The van der Waals surface area contributed by atoms with Gasteiger partial charge in [0.25, 0.3) is 0 Å². The smallest absolute Gasteiger partial charge is 0.150 e. The van der Waals surface area contributed by atoms with E-state index >= 15 is 0 Å². The van der Waals surface area contributed by atoms with Crippen LogP contribution in [0.4, 0.5) is 4.39 Å². The predicted octanol–water partition coefficient (Wildman–Crippen LogP) is 3.96. The standard InChI is InChI=1S/C8H18ClFSi/c1-11(2,9)8-6-4-3-5-7-10/h3-8H2,1-2H3. The van der Waals surface area contributed by atoms with E-state index in [1.54, 1.807) is 0 Å². The summed E-state index contributed by atoms with van der Waals surface area (Å²) >= 11 is 6.11. The van der Waals surface area contributed by atoms with E-state index in [0.717, 1.165) is 19.3 Å². The van der Waals surface area contributed by atoms with Crippen molar-refractivity contribution in [2.24, 2.45) is 0 Å². The molecule has 0 atom stereocenters. The molecular formula is C8H18ClFSi. The first kappa shape index (κ1) is 11.4. The van der Waals surface area contributed by atoms with E-state index < -0.39 is 7.38 Å². The zero-order valence-electron chi connectivity index (χ0n) is 7.50. The summed E-state index contributed by atoms with van der Waals surface area (Å²) in [6, 6.07) is 1.17. The fraction of sp³-hybridized carbons (Fsp3) is 1.00. The van der Waals surface area contributed by atoms with Gasteiger partial charge in [0.05, 0.1) is 6.67 Å². The lowest BCUT2D eigenvalue weighted by Gasteiger charge is -2.11. The van der Waals surface area contributed by atoms with Gasteiger partial charge in [0, 0.05) is 0 Å². The first-order chi connectivity index (χ1) is 5.06. The summed E-state index contributed by atoms with van der Waals surface area (Å²) in [6.07, 6.45) is 4.08. The molecule has 0 N–H and O–H groups in total. The van der Waals surface area contributed by atoms with Gasteiger partial charge in [-0.15, -0.1) is 0 Å². The molecule has 68 valence electrons. The molecule has 0 amide bonds. The Labute approximate surface area is 74.8 Å². The maximum absolute atomic E-state index is 11.6. The molecule has 0 saturated heterocycles. The van der Waals surface area contributed by atoms with E-state index in [9.17, 15) is 4.39 Å². The second-order valence-electron chi connectivity index (χ2n) is 3.57. The summed E-state index contributed by atoms with van der Waals surface area (Å²) in [5.74, 6) is 0. The Balaban J connectivity index is 3.02. The molecule has 3 heteroatoms. The van der Waals surface area contributed by atoms with Crippen LogP contribution in [0.15, 0.2) is 0 Å². The molecule has 0 nitrogen and oxygen atoms in total. The highest BCUT2D eigenvalue weighted by atomic mass is 35.6. The van der Waals surface area contributed by atoms with E-state index in [1.165, 1.54) is 12.5 Å². The number of unbranched alkanes of at least 4 members (excludes halogenated alkanes) is 3. The van der Waals surface area contributed by atoms with Gasteiger partial charge in [-0.25, -0.2) is 0 Å². The molecule has 0 spiro atoms. The van der Waals surface area contributed by atoms with Crippen LogP contribution in [-0.4, -0.2) is 14.1 Å². The van der Waals surface area contributed by atoms with Gasteiger partial charge in [0.15, 0.2) is 0 Å². The fourth-order valence-corrected chi connectivity index (χ4v) is 2.49. The third-order valence-corrected chi connectivity index (χ3v) is 3.76. The second-order valence-corrected chi connectivity index (χ2v) is 10.6. The van der Waals surface area contributed by atoms with Gasteiger partial charge in [0.2, 0.25) is 0 Å². The molecule has 0 aliphatic rings. The molecule has 0 unspecified atom stereocenters. The van der Waals surface area contributed by atoms with E-state index in [-0.39, 0.29) is 6.67 Å². The average Bonchev–Trinajstić information content (AvgIpc) is 1.85. The molecule has 0 saturated carbocycles. The monoisotopic (exact) mass is 196 g/mol. The van der Waals surface area contributed by atoms with Crippen LogP contribution in [0.2, 0.25) is 19.1 Å². The molecule has 0 aliphatic carbocycles. The molecule has 0 aliphatic heterocycles. The van der Waals surface area contributed by atoms with Crippen LogP contribution < -0.4 is 0 Å². The van der Waals surface area contributed by atoms with E-state index in [4.69, 9.17) is 11.1 Å². The zero-order chi connectivity index (χ0) is 8.74. The quantitative estimate of drug-likeness (QED) is 0.343. The SMILES string of the molecule is C[Si](C)(Cl)CCCCCCF. The molecule has 0 heterocycles. The molecule has 0 aromatic heterocycles. The first-order valence-electron chi connectivity index (χ1n) is 4.31. The van der Waals surface area contributed by atoms with E-state index in [0.29, 0.717) is 0 Å². The lowest BCUT2D eigenvalue weighted by Crippen LogP contribution is -2.14. The number of alkyl halides is 1. The summed E-state index contributed by atoms with van der Waals surface area (Å²) in [6.45, 7) is 4.15. The Morgan fingerprint density at radius 3 is 2.09 bits per heavy atom. The molecule has 0 radical (unpaired) electrons. The van der Waals surface area contributed by atoms with Crippen LogP contribution in [0.5, 0.6) is 0 Å². The number of hydrogen-bond donors (Lipinski definition) is 0. The van der Waals surface area contributed by atoms with Gasteiger partial charge in [0.1, 0.15) is 7.38 Å². The maximum atomic E-state index is 11.6. The number of halogens is 2. The summed E-state index contributed by atoms with van der Waals surface area (Å²) in [5.41, 5.74) is 0. The Hall–Kier alpha value is 0.437. The van der Waals surface area contributed by atoms with Crippen LogP contribution in [0, 0.1) is 0 Å². The minimum atomic E-state index is -1.34. The van der Waals surface area contributed by atoms with Crippen molar-refractivity contribution >= 4 is 18.5 Å². The minimum absolute atomic E-state index is 0.165. The Morgan fingerprint density at radius 2 is 1.64 bits per heavy atom. The number of rotatable bonds is 6. The van der Waals surface area contributed by atoms with Crippen molar-refractivity contribution in [3.05, 3.63) is 0 Å². The topological polar surface area (TPSA) is 0 Å². The van der Waals surface area contributed by atoms with Crippen LogP contribution in [0.25, 0.3) is 0 Å². The van der Waals surface area contributed by atoms with Crippen molar-refractivity contribution in [3.8, 4) is 0 Å². The maximum Gasteiger partial charge on any atom is 0.150 e. The molecule has 0 aromatic rings. The Morgan fingerprint density at radius 1 is 1.09 bits per heavy atom. The number of hydrogen-bond acceptors (Lipinski definition) is 0. The van der Waals surface area contributed by atoms with Crippen molar-refractivity contribution in [3.63, 3.8) is 0 Å². The highest BCUT2D eigenvalue weighted by molar-refractivity contribution is 7.19. The first-order valence-corrected chi connectivity index (χ1v) is 8.53. The Bertz CT molecular complexity index is 90.6. The van der Waals surface area contributed by atoms with Crippen LogP contribution >= 0.6 is 11.1 Å². The molecule has 0 aromatic carbocycles. The molecule has 0 bridgehead atoms. The van der Waals surface area contributed by atoms with Gasteiger partial charge in [-0.05, 0) is 12.5 Å². The minimum Gasteiger partial charge on any atom is -0.251 e. The summed E-state index contributed by atoms with van der Waals surface area (Å²) < 4.78 is 11.6. The Kier molecular flexibility index (Phi) is 6.25. The van der Waals surface area contributed by atoms with E-state index in [2.05, 4.69) is 13.1 Å². The third-order valence-electron chi connectivity index (χ3n) is 1.65. The van der Waals surface area contributed by atoms with Crippen molar-refractivity contribution in [1.29, 1.82) is 0 Å². The summed E-state index contributed by atoms with van der Waals surface area (Å²) in [7, 11) is -1.34. The fourth-order valence-electron chi connectivity index (χ4n) is 0.993. The van der Waals surface area contributed by atoms with Gasteiger partial charge >= 0.3 is 0 Å². The summed E-state index contributed by atoms with van der Waals surface area (Å²) in [5, 5.41) is 0. The molecule has 0 rings (SSSR count). The average molecular weight is 197 g/mol. The molecular weight excluding hydrogens is 179 g/mol. The van der Waals surface area contributed by atoms with Crippen LogP contribution in [-0.2, 0) is 0 Å². The highest BCUT2D eigenvalue weighted by Crippen LogP contribution is 2.18.